The van der Waals surface area contributed by atoms with Crippen LogP contribution in [0.4, 0.5) is 13.6 Å². The molecule has 0 saturated carbocycles. The summed E-state index contributed by atoms with van der Waals surface area (Å²) < 4.78 is 28.3. The third-order valence-electron chi connectivity index (χ3n) is 6.40. The number of aromatic amines is 1. The van der Waals surface area contributed by atoms with Crippen LogP contribution in [0.2, 0.25) is 0 Å². The molecule has 6 nitrogen and oxygen atoms in total. The van der Waals surface area contributed by atoms with Crippen molar-refractivity contribution in [2.75, 3.05) is 6.54 Å². The minimum absolute atomic E-state index is 0.0252. The Kier molecular flexibility index (Phi) is 7.33. The molecule has 0 saturated heterocycles. The fourth-order valence-electron chi connectivity index (χ4n) is 4.39. The first-order valence-electron chi connectivity index (χ1n) is 11.6. The topological polar surface area (TPSA) is 85.4 Å². The SMILES string of the molecule is C[C@](Cc1c[nH]c2ccccc12)(C(=O)NCCc1ccccc1)N(Cc1cc(F)ccc1F)C(=O)O. The number of para-hydroxylation sites is 1. The summed E-state index contributed by atoms with van der Waals surface area (Å²) in [5, 5.41) is 13.9. The molecule has 1 heterocycles. The molecule has 1 atom stereocenters. The lowest BCUT2D eigenvalue weighted by Gasteiger charge is -2.38. The van der Waals surface area contributed by atoms with E-state index in [1.165, 1.54) is 6.92 Å². The van der Waals surface area contributed by atoms with Gasteiger partial charge in [-0.2, -0.15) is 0 Å². The molecule has 0 aliphatic heterocycles. The molecule has 0 spiro atoms. The van der Waals surface area contributed by atoms with Gasteiger partial charge < -0.3 is 15.4 Å². The van der Waals surface area contributed by atoms with Gasteiger partial charge in [-0.25, -0.2) is 13.6 Å². The number of carbonyl (C=O) groups excluding carboxylic acids is 1. The van der Waals surface area contributed by atoms with Crippen molar-refractivity contribution in [1.82, 2.24) is 15.2 Å². The number of rotatable bonds is 9. The van der Waals surface area contributed by atoms with Crippen LogP contribution in [-0.2, 0) is 24.2 Å². The molecule has 8 heteroatoms. The molecule has 0 fully saturated rings. The van der Waals surface area contributed by atoms with Crippen molar-refractivity contribution in [1.29, 1.82) is 0 Å². The van der Waals surface area contributed by atoms with E-state index in [4.69, 9.17) is 0 Å². The first-order valence-corrected chi connectivity index (χ1v) is 11.6. The van der Waals surface area contributed by atoms with E-state index in [1.54, 1.807) is 6.20 Å². The van der Waals surface area contributed by atoms with Crippen molar-refractivity contribution >= 4 is 22.9 Å². The molecule has 186 valence electrons. The number of aromatic nitrogens is 1. The zero-order valence-corrected chi connectivity index (χ0v) is 19.8. The smallest absolute Gasteiger partial charge is 0.408 e. The van der Waals surface area contributed by atoms with Gasteiger partial charge in [-0.3, -0.25) is 9.69 Å². The molecular weight excluding hydrogens is 464 g/mol. The van der Waals surface area contributed by atoms with E-state index >= 15 is 0 Å². The summed E-state index contributed by atoms with van der Waals surface area (Å²) in [6, 6.07) is 19.9. The Morgan fingerprint density at radius 1 is 1.00 bits per heavy atom. The number of halogens is 2. The van der Waals surface area contributed by atoms with E-state index < -0.39 is 35.7 Å². The number of H-pyrrole nitrogens is 1. The summed E-state index contributed by atoms with van der Waals surface area (Å²) in [7, 11) is 0. The third kappa shape index (κ3) is 5.38. The maximum atomic E-state index is 14.5. The zero-order valence-electron chi connectivity index (χ0n) is 19.8. The molecule has 4 rings (SSSR count). The monoisotopic (exact) mass is 491 g/mol. The van der Waals surface area contributed by atoms with Crippen LogP contribution in [0.15, 0.2) is 79.0 Å². The largest absolute Gasteiger partial charge is 0.465 e. The van der Waals surface area contributed by atoms with Crippen molar-refractivity contribution in [2.45, 2.75) is 31.8 Å². The Morgan fingerprint density at radius 2 is 1.72 bits per heavy atom. The van der Waals surface area contributed by atoms with E-state index in [-0.39, 0.29) is 18.5 Å². The summed E-state index contributed by atoms with van der Waals surface area (Å²) in [5.41, 5.74) is 0.828. The predicted octanol–water partition coefficient (Wildman–Crippen LogP) is 5.29. The van der Waals surface area contributed by atoms with E-state index in [9.17, 15) is 23.5 Å². The molecule has 3 N–H and O–H groups in total. The molecule has 1 aromatic heterocycles. The lowest BCUT2D eigenvalue weighted by atomic mass is 9.89. The molecule has 0 unspecified atom stereocenters. The van der Waals surface area contributed by atoms with Crippen molar-refractivity contribution in [3.05, 3.63) is 107 Å². The van der Waals surface area contributed by atoms with Crippen LogP contribution in [0.1, 0.15) is 23.6 Å². The van der Waals surface area contributed by atoms with Crippen LogP contribution >= 0.6 is 0 Å². The van der Waals surface area contributed by atoms with Crippen LogP contribution < -0.4 is 5.32 Å². The van der Waals surface area contributed by atoms with Crippen molar-refractivity contribution in [2.24, 2.45) is 0 Å². The summed E-state index contributed by atoms with van der Waals surface area (Å²) in [4.78, 5) is 30.1. The molecule has 2 amide bonds. The Hall–Kier alpha value is -4.20. The highest BCUT2D eigenvalue weighted by molar-refractivity contribution is 5.91. The number of hydrogen-bond donors (Lipinski definition) is 3. The number of hydrogen-bond acceptors (Lipinski definition) is 2. The van der Waals surface area contributed by atoms with Gasteiger partial charge in [-0.05, 0) is 48.7 Å². The maximum Gasteiger partial charge on any atom is 0.408 e. The summed E-state index contributed by atoms with van der Waals surface area (Å²) in [6.45, 7) is 1.30. The van der Waals surface area contributed by atoms with Crippen molar-refractivity contribution in [3.63, 3.8) is 0 Å². The highest BCUT2D eigenvalue weighted by Crippen LogP contribution is 2.29. The van der Waals surface area contributed by atoms with Gasteiger partial charge in [0.2, 0.25) is 5.91 Å². The Labute approximate surface area is 207 Å². The lowest BCUT2D eigenvalue weighted by Crippen LogP contribution is -2.59. The van der Waals surface area contributed by atoms with Gasteiger partial charge in [0.05, 0.1) is 6.54 Å². The average molecular weight is 492 g/mol. The highest BCUT2D eigenvalue weighted by Gasteiger charge is 2.43. The second kappa shape index (κ2) is 10.6. The normalized spacial score (nSPS) is 12.8. The Balaban J connectivity index is 1.67. The second-order valence-corrected chi connectivity index (χ2v) is 8.91. The van der Waals surface area contributed by atoms with Gasteiger partial charge in [0, 0.05) is 35.6 Å². The number of fused-ring (bicyclic) bond motifs is 1. The molecule has 0 aliphatic carbocycles. The molecule has 36 heavy (non-hydrogen) atoms. The van der Waals surface area contributed by atoms with Gasteiger partial charge in [-0.1, -0.05) is 48.5 Å². The van der Waals surface area contributed by atoms with Crippen molar-refractivity contribution in [3.8, 4) is 0 Å². The number of amides is 2. The number of nitrogens with zero attached hydrogens (tertiary/aromatic N) is 1. The second-order valence-electron chi connectivity index (χ2n) is 8.91. The van der Waals surface area contributed by atoms with E-state index in [0.717, 1.165) is 45.1 Å². The maximum absolute atomic E-state index is 14.5. The lowest BCUT2D eigenvalue weighted by molar-refractivity contribution is -0.132. The summed E-state index contributed by atoms with van der Waals surface area (Å²) in [5.74, 6) is -1.97. The van der Waals surface area contributed by atoms with Gasteiger partial charge >= 0.3 is 6.09 Å². The first-order chi connectivity index (χ1) is 17.3. The van der Waals surface area contributed by atoms with E-state index in [0.29, 0.717) is 6.42 Å². The van der Waals surface area contributed by atoms with Crippen LogP contribution in [0.3, 0.4) is 0 Å². The quantitative estimate of drug-likeness (QED) is 0.298. The molecular formula is C28H27F2N3O3. The minimum Gasteiger partial charge on any atom is -0.465 e. The van der Waals surface area contributed by atoms with Gasteiger partial charge in [0.1, 0.15) is 17.2 Å². The fraction of sp³-hybridized carbons (Fsp3) is 0.214. The average Bonchev–Trinajstić information content (AvgIpc) is 3.27. The number of benzene rings is 3. The van der Waals surface area contributed by atoms with Crippen molar-refractivity contribution < 1.29 is 23.5 Å². The molecule has 0 bridgehead atoms. The number of carboxylic acid groups (broad SMARTS) is 1. The van der Waals surface area contributed by atoms with Crippen LogP contribution in [0.5, 0.6) is 0 Å². The highest BCUT2D eigenvalue weighted by atomic mass is 19.1. The number of nitrogens with one attached hydrogen (secondary N) is 2. The van der Waals surface area contributed by atoms with Crippen LogP contribution in [0, 0.1) is 11.6 Å². The van der Waals surface area contributed by atoms with Gasteiger partial charge in [-0.15, -0.1) is 0 Å². The van der Waals surface area contributed by atoms with E-state index in [2.05, 4.69) is 10.3 Å². The van der Waals surface area contributed by atoms with Crippen LogP contribution in [-0.4, -0.2) is 39.1 Å². The van der Waals surface area contributed by atoms with Crippen LogP contribution in [0.25, 0.3) is 10.9 Å². The van der Waals surface area contributed by atoms with E-state index in [1.807, 2.05) is 54.6 Å². The fourth-order valence-corrected chi connectivity index (χ4v) is 4.39. The third-order valence-corrected chi connectivity index (χ3v) is 6.40. The Morgan fingerprint density at radius 3 is 2.47 bits per heavy atom. The predicted molar refractivity (Wildman–Crippen MR) is 133 cm³/mol. The molecule has 4 aromatic rings. The summed E-state index contributed by atoms with van der Waals surface area (Å²) in [6.07, 6.45) is 0.904. The zero-order chi connectivity index (χ0) is 25.7. The minimum atomic E-state index is -1.62. The first kappa shape index (κ1) is 24.9. The molecule has 3 aromatic carbocycles. The standard InChI is InChI=1S/C28H27F2N3O3/c1-28(16-21-17-32-25-10-6-5-9-23(21)25,26(34)31-14-13-19-7-3-2-4-8-19)33(27(35)36)18-20-15-22(29)11-12-24(20)30/h2-12,15,17,32H,13-14,16,18H2,1H3,(H,31,34)(H,35,36)/t28-/m0/s1. The summed E-state index contributed by atoms with van der Waals surface area (Å²) >= 11 is 0. The Bertz CT molecular complexity index is 1370. The molecule has 0 aliphatic rings. The van der Waals surface area contributed by atoms with Gasteiger partial charge in [0.25, 0.3) is 0 Å². The van der Waals surface area contributed by atoms with Gasteiger partial charge in [0.15, 0.2) is 0 Å². The number of carbonyl (C=O) groups is 2. The molecule has 0 radical (unpaired) electrons.